The molecule has 0 fully saturated rings. The van der Waals surface area contributed by atoms with Crippen molar-refractivity contribution in [3.63, 3.8) is 0 Å². The van der Waals surface area contributed by atoms with Crippen LogP contribution < -0.4 is 5.73 Å². The molecule has 0 aromatic heterocycles. The molecule has 3 nitrogen and oxygen atoms in total. The molecule has 0 aliphatic rings. The van der Waals surface area contributed by atoms with Gasteiger partial charge in [-0.15, -0.1) is 0 Å². The lowest BCUT2D eigenvalue weighted by Crippen LogP contribution is -2.32. The summed E-state index contributed by atoms with van der Waals surface area (Å²) in [5, 5.41) is 9.55. The first-order valence-electron chi connectivity index (χ1n) is 3.93. The summed E-state index contributed by atoms with van der Waals surface area (Å²) in [6, 6.07) is 3.95. The predicted molar refractivity (Wildman–Crippen MR) is 55.8 cm³/mol. The molecule has 0 amide bonds. The van der Waals surface area contributed by atoms with Crippen LogP contribution in [-0.4, -0.2) is 17.1 Å². The second-order valence-corrected chi connectivity index (χ2v) is 3.73. The maximum absolute atomic E-state index is 10.5. The van der Waals surface area contributed by atoms with E-state index in [1.807, 2.05) is 0 Å². The summed E-state index contributed by atoms with van der Waals surface area (Å²) in [7, 11) is 0. The summed E-state index contributed by atoms with van der Waals surface area (Å²) in [5.74, 6) is -1.05. The minimum Gasteiger partial charge on any atom is -0.480 e. The molecule has 1 atom stereocenters. The molecule has 0 aliphatic carbocycles. The third-order valence-electron chi connectivity index (χ3n) is 1.77. The summed E-state index contributed by atoms with van der Waals surface area (Å²) in [5.41, 5.74) is 6.05. The molecule has 0 spiro atoms. The van der Waals surface area contributed by atoms with Crippen molar-refractivity contribution in [3.8, 4) is 0 Å². The molecular formula is C9H9Cl2NO2. The van der Waals surface area contributed by atoms with Crippen LogP contribution in [0.25, 0.3) is 0 Å². The molecule has 0 heterocycles. The minimum absolute atomic E-state index is 0.200. The van der Waals surface area contributed by atoms with Gasteiger partial charge in [0, 0.05) is 10.0 Å². The largest absolute Gasteiger partial charge is 0.480 e. The number of nitrogens with two attached hydrogens (primary N) is 1. The van der Waals surface area contributed by atoms with Gasteiger partial charge in [0.1, 0.15) is 6.04 Å². The van der Waals surface area contributed by atoms with E-state index in [4.69, 9.17) is 34.0 Å². The van der Waals surface area contributed by atoms with Crippen molar-refractivity contribution in [3.05, 3.63) is 33.8 Å². The number of carbonyl (C=O) groups is 1. The Morgan fingerprint density at radius 2 is 2.14 bits per heavy atom. The van der Waals surface area contributed by atoms with E-state index in [0.717, 1.165) is 0 Å². The molecule has 0 saturated carbocycles. The van der Waals surface area contributed by atoms with Crippen LogP contribution in [0.2, 0.25) is 10.0 Å². The lowest BCUT2D eigenvalue weighted by molar-refractivity contribution is -0.138. The Morgan fingerprint density at radius 1 is 1.50 bits per heavy atom. The first kappa shape index (κ1) is 11.3. The maximum Gasteiger partial charge on any atom is 0.320 e. The Hall–Kier alpha value is -0.770. The smallest absolute Gasteiger partial charge is 0.320 e. The average molecular weight is 234 g/mol. The van der Waals surface area contributed by atoms with Gasteiger partial charge >= 0.3 is 5.97 Å². The standard InChI is InChI=1S/C9H9Cl2NO2/c10-6-2-1-5(7(11)4-6)3-8(12)9(13)14/h1-2,4,8H,3,12H2,(H,13,14). The Balaban J connectivity index is 2.82. The zero-order valence-electron chi connectivity index (χ0n) is 7.21. The Bertz CT molecular complexity index is 355. The average Bonchev–Trinajstić information content (AvgIpc) is 2.09. The lowest BCUT2D eigenvalue weighted by atomic mass is 10.1. The fourth-order valence-corrected chi connectivity index (χ4v) is 1.50. The van der Waals surface area contributed by atoms with E-state index in [0.29, 0.717) is 15.6 Å². The van der Waals surface area contributed by atoms with Crippen LogP contribution >= 0.6 is 23.2 Å². The van der Waals surface area contributed by atoms with Gasteiger partial charge in [-0.25, -0.2) is 0 Å². The van der Waals surface area contributed by atoms with Gasteiger partial charge in [-0.3, -0.25) is 4.79 Å². The van der Waals surface area contributed by atoms with E-state index < -0.39 is 12.0 Å². The Morgan fingerprint density at radius 3 is 2.64 bits per heavy atom. The molecule has 0 saturated heterocycles. The van der Waals surface area contributed by atoms with Crippen molar-refractivity contribution < 1.29 is 9.90 Å². The van der Waals surface area contributed by atoms with Crippen LogP contribution in [0.5, 0.6) is 0 Å². The normalized spacial score (nSPS) is 12.5. The summed E-state index contributed by atoms with van der Waals surface area (Å²) in [6.45, 7) is 0. The summed E-state index contributed by atoms with van der Waals surface area (Å²) >= 11 is 11.5. The van der Waals surface area contributed by atoms with Crippen LogP contribution in [0.4, 0.5) is 0 Å². The first-order valence-corrected chi connectivity index (χ1v) is 4.68. The third-order valence-corrected chi connectivity index (χ3v) is 2.36. The second kappa shape index (κ2) is 4.64. The van der Waals surface area contributed by atoms with E-state index in [9.17, 15) is 4.79 Å². The predicted octanol–water partition coefficient (Wildman–Crippen LogP) is 1.95. The van der Waals surface area contributed by atoms with Gasteiger partial charge in [0.05, 0.1) is 0 Å². The molecule has 14 heavy (non-hydrogen) atoms. The molecule has 1 unspecified atom stereocenters. The first-order chi connectivity index (χ1) is 6.50. The van der Waals surface area contributed by atoms with Gasteiger partial charge in [-0.2, -0.15) is 0 Å². The SMILES string of the molecule is NC(Cc1ccc(Cl)cc1Cl)C(=O)O. The topological polar surface area (TPSA) is 63.3 Å². The summed E-state index contributed by atoms with van der Waals surface area (Å²) < 4.78 is 0. The van der Waals surface area contributed by atoms with Crippen LogP contribution in [-0.2, 0) is 11.2 Å². The van der Waals surface area contributed by atoms with Crippen LogP contribution in [0.15, 0.2) is 18.2 Å². The van der Waals surface area contributed by atoms with E-state index in [2.05, 4.69) is 0 Å². The molecule has 0 bridgehead atoms. The third kappa shape index (κ3) is 2.87. The molecule has 0 aliphatic heterocycles. The van der Waals surface area contributed by atoms with Crippen molar-refractivity contribution in [1.82, 2.24) is 0 Å². The highest BCUT2D eigenvalue weighted by Crippen LogP contribution is 2.21. The quantitative estimate of drug-likeness (QED) is 0.839. The van der Waals surface area contributed by atoms with Gasteiger partial charge < -0.3 is 10.8 Å². The molecule has 1 aromatic rings. The number of carboxylic acid groups (broad SMARTS) is 1. The number of aliphatic carboxylic acids is 1. The molecule has 1 rings (SSSR count). The number of benzene rings is 1. The van der Waals surface area contributed by atoms with Crippen molar-refractivity contribution in [2.75, 3.05) is 0 Å². The maximum atomic E-state index is 10.5. The highest BCUT2D eigenvalue weighted by molar-refractivity contribution is 6.35. The zero-order valence-corrected chi connectivity index (χ0v) is 8.72. The van der Waals surface area contributed by atoms with Crippen molar-refractivity contribution in [2.45, 2.75) is 12.5 Å². The van der Waals surface area contributed by atoms with Crippen molar-refractivity contribution in [1.29, 1.82) is 0 Å². The second-order valence-electron chi connectivity index (χ2n) is 2.88. The lowest BCUT2D eigenvalue weighted by Gasteiger charge is -2.08. The number of hydrogen-bond acceptors (Lipinski definition) is 2. The van der Waals surface area contributed by atoms with Gasteiger partial charge in [0.15, 0.2) is 0 Å². The number of hydrogen-bond donors (Lipinski definition) is 2. The fraction of sp³-hybridized carbons (Fsp3) is 0.222. The highest BCUT2D eigenvalue weighted by atomic mass is 35.5. The van der Waals surface area contributed by atoms with Crippen LogP contribution in [0.1, 0.15) is 5.56 Å². The van der Waals surface area contributed by atoms with Crippen LogP contribution in [0.3, 0.4) is 0 Å². The molecule has 1 aromatic carbocycles. The minimum atomic E-state index is -1.05. The monoisotopic (exact) mass is 233 g/mol. The van der Waals surface area contributed by atoms with E-state index in [1.165, 1.54) is 0 Å². The van der Waals surface area contributed by atoms with E-state index in [-0.39, 0.29) is 6.42 Å². The molecule has 5 heteroatoms. The van der Waals surface area contributed by atoms with E-state index >= 15 is 0 Å². The van der Waals surface area contributed by atoms with Gasteiger partial charge in [-0.05, 0) is 24.1 Å². The van der Waals surface area contributed by atoms with Crippen molar-refractivity contribution in [2.24, 2.45) is 5.73 Å². The van der Waals surface area contributed by atoms with Crippen LogP contribution in [0, 0.1) is 0 Å². The molecule has 76 valence electrons. The van der Waals surface area contributed by atoms with Gasteiger partial charge in [0.25, 0.3) is 0 Å². The molecular weight excluding hydrogens is 225 g/mol. The van der Waals surface area contributed by atoms with Crippen molar-refractivity contribution >= 4 is 29.2 Å². The number of halogens is 2. The zero-order chi connectivity index (χ0) is 10.7. The summed E-state index contributed by atoms with van der Waals surface area (Å²) in [6.07, 6.45) is 0.200. The molecule has 3 N–H and O–H groups in total. The summed E-state index contributed by atoms with van der Waals surface area (Å²) in [4.78, 5) is 10.5. The fourth-order valence-electron chi connectivity index (χ4n) is 1.01. The Labute approximate surface area is 91.4 Å². The highest BCUT2D eigenvalue weighted by Gasteiger charge is 2.13. The molecule has 0 radical (unpaired) electrons. The van der Waals surface area contributed by atoms with Gasteiger partial charge in [0.2, 0.25) is 0 Å². The number of carboxylic acids is 1. The number of rotatable bonds is 3. The Kier molecular flexibility index (Phi) is 3.75. The van der Waals surface area contributed by atoms with Gasteiger partial charge in [-0.1, -0.05) is 29.3 Å². The van der Waals surface area contributed by atoms with E-state index in [1.54, 1.807) is 18.2 Å².